The molecule has 0 amide bonds. The number of allylic oxidation sites excluding steroid dienone is 4. The van der Waals surface area contributed by atoms with Crippen LogP contribution in [0, 0.1) is 6.92 Å². The van der Waals surface area contributed by atoms with E-state index >= 15 is 0 Å². The van der Waals surface area contributed by atoms with Gasteiger partial charge in [0.2, 0.25) is 0 Å². The Hall–Kier alpha value is -4.30. The van der Waals surface area contributed by atoms with Gasteiger partial charge in [-0.05, 0) is 66.5 Å². The lowest BCUT2D eigenvalue weighted by Gasteiger charge is -2.34. The third-order valence-corrected chi connectivity index (χ3v) is 6.45. The second kappa shape index (κ2) is 9.90. The summed E-state index contributed by atoms with van der Waals surface area (Å²) in [5.74, 6) is 0. The van der Waals surface area contributed by atoms with Gasteiger partial charge in [0.25, 0.3) is 0 Å². The Kier molecular flexibility index (Phi) is 6.36. The van der Waals surface area contributed by atoms with Gasteiger partial charge in [0.1, 0.15) is 0 Å². The number of aryl methyl sites for hydroxylation is 1. The van der Waals surface area contributed by atoms with Crippen molar-refractivity contribution in [1.29, 1.82) is 0 Å². The molecule has 0 aliphatic carbocycles. The maximum atomic E-state index is 4.39. The van der Waals surface area contributed by atoms with Gasteiger partial charge in [-0.2, -0.15) is 0 Å². The van der Waals surface area contributed by atoms with E-state index in [1.165, 1.54) is 28.1 Å². The van der Waals surface area contributed by atoms with E-state index in [1.807, 2.05) is 0 Å². The molecule has 0 radical (unpaired) electrons. The fraction of sp³-hybridized carbons (Fsp3) is 0.0909. The van der Waals surface area contributed by atoms with Gasteiger partial charge in [0, 0.05) is 29.7 Å². The van der Waals surface area contributed by atoms with E-state index < -0.39 is 0 Å². The van der Waals surface area contributed by atoms with Crippen LogP contribution in [0.15, 0.2) is 128 Å². The van der Waals surface area contributed by atoms with Crippen molar-refractivity contribution in [3.05, 3.63) is 139 Å². The third-order valence-electron chi connectivity index (χ3n) is 6.45. The summed E-state index contributed by atoms with van der Waals surface area (Å²) in [6.45, 7) is 9.63. The average Bonchev–Trinajstić information content (AvgIpc) is 2.90. The fourth-order valence-electron chi connectivity index (χ4n) is 4.71. The molecule has 4 aromatic carbocycles. The van der Waals surface area contributed by atoms with Gasteiger partial charge < -0.3 is 9.80 Å². The van der Waals surface area contributed by atoms with Crippen LogP contribution in [0.4, 0.5) is 22.7 Å². The predicted molar refractivity (Wildman–Crippen MR) is 152 cm³/mol. The highest BCUT2D eigenvalue weighted by Crippen LogP contribution is 2.47. The number of nitrogens with zero attached hydrogens (tertiary/aromatic N) is 2. The first-order valence-corrected chi connectivity index (χ1v) is 12.1. The highest BCUT2D eigenvalue weighted by atomic mass is 15.2. The van der Waals surface area contributed by atoms with Crippen LogP contribution in [-0.4, -0.2) is 6.54 Å². The van der Waals surface area contributed by atoms with Crippen molar-refractivity contribution in [3.8, 4) is 11.1 Å². The van der Waals surface area contributed by atoms with E-state index in [2.05, 4.69) is 152 Å². The molecule has 1 aliphatic heterocycles. The van der Waals surface area contributed by atoms with Gasteiger partial charge in [-0.15, -0.1) is 0 Å². The zero-order valence-corrected chi connectivity index (χ0v) is 20.4. The largest absolute Gasteiger partial charge is 0.346 e. The van der Waals surface area contributed by atoms with Crippen LogP contribution < -0.4 is 9.80 Å². The second-order valence-electron chi connectivity index (χ2n) is 8.73. The van der Waals surface area contributed by atoms with Crippen LogP contribution >= 0.6 is 0 Å². The van der Waals surface area contributed by atoms with Crippen LogP contribution in [0.5, 0.6) is 0 Å². The lowest BCUT2D eigenvalue weighted by atomic mass is 9.96. The third kappa shape index (κ3) is 4.43. The summed E-state index contributed by atoms with van der Waals surface area (Å²) in [6, 6.07) is 34.4. The number of hydrogen-bond acceptors (Lipinski definition) is 2. The van der Waals surface area contributed by atoms with E-state index in [0.29, 0.717) is 0 Å². The van der Waals surface area contributed by atoms with E-state index in [4.69, 9.17) is 0 Å². The van der Waals surface area contributed by atoms with Crippen molar-refractivity contribution >= 4 is 28.3 Å². The summed E-state index contributed by atoms with van der Waals surface area (Å²) in [7, 11) is 0. The van der Waals surface area contributed by atoms with Gasteiger partial charge >= 0.3 is 0 Å². The molecular weight excluding hydrogens is 424 g/mol. The van der Waals surface area contributed by atoms with Gasteiger partial charge in [-0.3, -0.25) is 0 Å². The highest BCUT2D eigenvalue weighted by Gasteiger charge is 2.24. The molecule has 1 heterocycles. The minimum atomic E-state index is 0.855. The number of para-hydroxylation sites is 1. The molecule has 0 saturated heterocycles. The van der Waals surface area contributed by atoms with E-state index in [9.17, 15) is 0 Å². The monoisotopic (exact) mass is 454 g/mol. The lowest BCUT2D eigenvalue weighted by molar-refractivity contribution is 1.01. The molecule has 2 heteroatoms. The molecule has 35 heavy (non-hydrogen) atoms. The van der Waals surface area contributed by atoms with Gasteiger partial charge in [0.05, 0.1) is 11.4 Å². The van der Waals surface area contributed by atoms with Gasteiger partial charge in [0.15, 0.2) is 0 Å². The fourth-order valence-corrected chi connectivity index (χ4v) is 4.71. The van der Waals surface area contributed by atoms with Crippen LogP contribution in [-0.2, 0) is 0 Å². The number of benzene rings is 4. The minimum Gasteiger partial charge on any atom is -0.346 e. The normalized spacial score (nSPS) is 14.6. The SMILES string of the molecule is C=C1/C=C\C=C/N(CC)c2c1ccc(C)c2N(c1ccccc1)c1cccc(-c2ccccc2)c1. The molecule has 0 spiro atoms. The molecule has 1 aliphatic rings. The first kappa shape index (κ1) is 22.5. The molecule has 0 unspecified atom stereocenters. The van der Waals surface area contributed by atoms with Crippen LogP contribution in [0.2, 0.25) is 0 Å². The molecule has 0 fully saturated rings. The Bertz CT molecular complexity index is 1400. The van der Waals surface area contributed by atoms with Crippen molar-refractivity contribution in [3.63, 3.8) is 0 Å². The zero-order valence-electron chi connectivity index (χ0n) is 20.4. The minimum absolute atomic E-state index is 0.855. The van der Waals surface area contributed by atoms with Crippen LogP contribution in [0.25, 0.3) is 16.7 Å². The van der Waals surface area contributed by atoms with Crippen molar-refractivity contribution in [2.45, 2.75) is 13.8 Å². The molecule has 5 rings (SSSR count). The maximum Gasteiger partial charge on any atom is 0.0734 e. The van der Waals surface area contributed by atoms with Crippen molar-refractivity contribution in [2.75, 3.05) is 16.3 Å². The quantitative estimate of drug-likeness (QED) is 0.297. The molecule has 0 atom stereocenters. The van der Waals surface area contributed by atoms with Gasteiger partial charge in [-0.1, -0.05) is 91.5 Å². The predicted octanol–water partition coefficient (Wildman–Crippen LogP) is 9.05. The van der Waals surface area contributed by atoms with E-state index in [-0.39, 0.29) is 0 Å². The highest BCUT2D eigenvalue weighted by molar-refractivity contribution is 5.96. The summed E-state index contributed by atoms with van der Waals surface area (Å²) < 4.78 is 0. The van der Waals surface area contributed by atoms with E-state index in [1.54, 1.807) is 0 Å². The topological polar surface area (TPSA) is 6.48 Å². The Balaban J connectivity index is 1.79. The van der Waals surface area contributed by atoms with Crippen molar-refractivity contribution < 1.29 is 0 Å². The zero-order chi connectivity index (χ0) is 24.2. The number of rotatable bonds is 5. The number of fused-ring (bicyclic) bond motifs is 1. The summed E-state index contributed by atoms with van der Waals surface area (Å²) >= 11 is 0. The Labute approximate surface area is 208 Å². The number of anilines is 4. The summed E-state index contributed by atoms with van der Waals surface area (Å²) in [5, 5.41) is 0. The van der Waals surface area contributed by atoms with Gasteiger partial charge in [-0.25, -0.2) is 0 Å². The number of hydrogen-bond donors (Lipinski definition) is 0. The summed E-state index contributed by atoms with van der Waals surface area (Å²) in [4.78, 5) is 4.71. The summed E-state index contributed by atoms with van der Waals surface area (Å²) in [5.41, 5.74) is 10.4. The molecule has 4 aromatic rings. The molecule has 172 valence electrons. The second-order valence-corrected chi connectivity index (χ2v) is 8.73. The maximum absolute atomic E-state index is 4.39. The summed E-state index contributed by atoms with van der Waals surface area (Å²) in [6.07, 6.45) is 8.40. The van der Waals surface area contributed by atoms with Crippen molar-refractivity contribution in [1.82, 2.24) is 0 Å². The lowest BCUT2D eigenvalue weighted by Crippen LogP contribution is -2.22. The molecule has 0 saturated carbocycles. The van der Waals surface area contributed by atoms with E-state index in [0.717, 1.165) is 29.1 Å². The van der Waals surface area contributed by atoms with Crippen molar-refractivity contribution in [2.24, 2.45) is 0 Å². The molecule has 2 nitrogen and oxygen atoms in total. The Morgan fingerprint density at radius 1 is 0.743 bits per heavy atom. The Morgan fingerprint density at radius 2 is 1.43 bits per heavy atom. The Morgan fingerprint density at radius 3 is 2.17 bits per heavy atom. The standard InChI is InChI=1S/C33H30N2/c1-4-34-23-12-11-14-25(2)31-22-21-26(3)32(33(31)34)35(29-18-9-6-10-19-29)30-20-13-17-28(24-30)27-15-7-5-8-16-27/h5-24H,2,4H2,1,3H3/b14-11-,23-12-. The molecule has 0 N–H and O–H groups in total. The van der Waals surface area contributed by atoms with Crippen LogP contribution in [0.1, 0.15) is 18.1 Å². The molecular formula is C33H30N2. The average molecular weight is 455 g/mol. The molecule has 0 aromatic heterocycles. The smallest absolute Gasteiger partial charge is 0.0734 e. The van der Waals surface area contributed by atoms with Crippen LogP contribution in [0.3, 0.4) is 0 Å². The first-order chi connectivity index (χ1) is 17.2. The first-order valence-electron chi connectivity index (χ1n) is 12.1. The molecule has 0 bridgehead atoms.